The first kappa shape index (κ1) is 18.1. The highest BCUT2D eigenvalue weighted by atomic mass is 32.1. The van der Waals surface area contributed by atoms with Crippen LogP contribution in [-0.4, -0.2) is 21.1 Å². The molecule has 4 rings (SSSR count). The molecular formula is C23H18N2O2S. The van der Waals surface area contributed by atoms with Crippen molar-refractivity contribution in [2.24, 2.45) is 0 Å². The summed E-state index contributed by atoms with van der Waals surface area (Å²) in [6, 6.07) is 18.8. The van der Waals surface area contributed by atoms with E-state index in [4.69, 9.17) is 0 Å². The lowest BCUT2D eigenvalue weighted by molar-refractivity contribution is 0.0969. The van der Waals surface area contributed by atoms with Crippen molar-refractivity contribution in [3.05, 3.63) is 93.9 Å². The minimum absolute atomic E-state index is 0.0561. The van der Waals surface area contributed by atoms with Crippen LogP contribution in [0.2, 0.25) is 0 Å². The fraction of sp³-hybridized carbons (Fsp3) is 0.0870. The molecule has 2 heterocycles. The Balaban J connectivity index is 1.69. The van der Waals surface area contributed by atoms with Crippen molar-refractivity contribution in [3.63, 3.8) is 0 Å². The Morgan fingerprint density at radius 2 is 1.82 bits per heavy atom. The van der Waals surface area contributed by atoms with Gasteiger partial charge in [-0.25, -0.2) is 4.98 Å². The van der Waals surface area contributed by atoms with Crippen molar-refractivity contribution in [3.8, 4) is 0 Å². The maximum atomic E-state index is 12.8. The van der Waals surface area contributed by atoms with E-state index in [1.54, 1.807) is 22.0 Å². The van der Waals surface area contributed by atoms with E-state index < -0.39 is 0 Å². The van der Waals surface area contributed by atoms with Crippen LogP contribution in [0.4, 0.5) is 0 Å². The van der Waals surface area contributed by atoms with Crippen LogP contribution in [0, 0.1) is 6.92 Å². The first-order valence-corrected chi connectivity index (χ1v) is 9.81. The van der Waals surface area contributed by atoms with Gasteiger partial charge in [0.05, 0.1) is 17.6 Å². The van der Waals surface area contributed by atoms with Gasteiger partial charge < -0.3 is 4.57 Å². The normalized spacial score (nSPS) is 11.3. The number of Topliss-reactive ketones (excluding diaryl/α,β-unsaturated/α-hetero) is 1. The number of para-hydroxylation sites is 2. The first-order valence-electron chi connectivity index (χ1n) is 8.93. The molecule has 2 aromatic carbocycles. The summed E-state index contributed by atoms with van der Waals surface area (Å²) in [6.07, 6.45) is 3.29. The highest BCUT2D eigenvalue weighted by molar-refractivity contribution is 7.10. The van der Waals surface area contributed by atoms with Crippen LogP contribution >= 0.6 is 11.3 Å². The van der Waals surface area contributed by atoms with Gasteiger partial charge in [-0.05, 0) is 42.7 Å². The topological polar surface area (TPSA) is 52.0 Å². The fourth-order valence-corrected chi connectivity index (χ4v) is 3.63. The summed E-state index contributed by atoms with van der Waals surface area (Å²) in [4.78, 5) is 31.1. The molecule has 0 spiro atoms. The smallest absolute Gasteiger partial charge is 0.221 e. The second-order valence-electron chi connectivity index (χ2n) is 6.51. The molecule has 0 aliphatic carbocycles. The van der Waals surface area contributed by atoms with Crippen LogP contribution in [-0.2, 0) is 6.54 Å². The monoisotopic (exact) mass is 386 g/mol. The number of thiophene rings is 1. The molecule has 0 aliphatic heterocycles. The Morgan fingerprint density at radius 1 is 1.04 bits per heavy atom. The van der Waals surface area contributed by atoms with Gasteiger partial charge in [-0.1, -0.05) is 48.0 Å². The number of imidazole rings is 1. The number of benzene rings is 2. The zero-order chi connectivity index (χ0) is 19.5. The molecular weight excluding hydrogens is 368 g/mol. The van der Waals surface area contributed by atoms with Crippen molar-refractivity contribution < 1.29 is 9.59 Å². The summed E-state index contributed by atoms with van der Waals surface area (Å²) in [5.41, 5.74) is 3.19. The molecule has 0 radical (unpaired) electrons. The third-order valence-electron chi connectivity index (χ3n) is 4.49. The molecule has 0 saturated carbocycles. The molecule has 0 unspecified atom stereocenters. The number of carbonyl (C=O) groups excluding carboxylic acids is 2. The molecule has 0 atom stereocenters. The lowest BCUT2D eigenvalue weighted by Crippen LogP contribution is -2.15. The average Bonchev–Trinajstić information content (AvgIpc) is 3.35. The van der Waals surface area contributed by atoms with Gasteiger partial charge in [0.1, 0.15) is 0 Å². The van der Waals surface area contributed by atoms with Crippen molar-refractivity contribution in [1.29, 1.82) is 0 Å². The number of hydrogen-bond acceptors (Lipinski definition) is 4. The number of nitrogens with zero attached hydrogens (tertiary/aromatic N) is 2. The summed E-state index contributed by atoms with van der Waals surface area (Å²) < 4.78 is 1.71. The summed E-state index contributed by atoms with van der Waals surface area (Å²) in [7, 11) is 0. The van der Waals surface area contributed by atoms with Gasteiger partial charge in [0, 0.05) is 10.4 Å². The summed E-state index contributed by atoms with van der Waals surface area (Å²) in [5, 5.41) is 1.96. The van der Waals surface area contributed by atoms with Gasteiger partial charge >= 0.3 is 0 Å². The van der Waals surface area contributed by atoms with E-state index in [0.29, 0.717) is 11.1 Å². The second kappa shape index (κ2) is 7.74. The molecule has 0 saturated heterocycles. The van der Waals surface area contributed by atoms with Gasteiger partial charge in [-0.15, -0.1) is 11.3 Å². The lowest BCUT2D eigenvalue weighted by Gasteiger charge is -2.07. The van der Waals surface area contributed by atoms with Crippen LogP contribution < -0.4 is 0 Å². The van der Waals surface area contributed by atoms with Crippen molar-refractivity contribution in [2.75, 3.05) is 0 Å². The summed E-state index contributed by atoms with van der Waals surface area (Å²) in [6.45, 7) is 2.05. The summed E-state index contributed by atoms with van der Waals surface area (Å²) in [5.74, 6) is -0.00443. The number of rotatable bonds is 6. The van der Waals surface area contributed by atoms with E-state index in [1.165, 1.54) is 6.08 Å². The maximum absolute atomic E-state index is 12.8. The van der Waals surface area contributed by atoms with Crippen molar-refractivity contribution >= 4 is 40.0 Å². The van der Waals surface area contributed by atoms with Gasteiger partial charge in [-0.3, -0.25) is 9.59 Å². The molecule has 138 valence electrons. The second-order valence-corrected chi connectivity index (χ2v) is 7.49. The van der Waals surface area contributed by atoms with Gasteiger partial charge in [0.2, 0.25) is 5.78 Å². The number of aromatic nitrogens is 2. The molecule has 2 aromatic heterocycles. The lowest BCUT2D eigenvalue weighted by atomic mass is 10.1. The minimum Gasteiger partial charge on any atom is -0.313 e. The van der Waals surface area contributed by atoms with Crippen LogP contribution in [0.3, 0.4) is 0 Å². The van der Waals surface area contributed by atoms with Crippen molar-refractivity contribution in [1.82, 2.24) is 9.55 Å². The van der Waals surface area contributed by atoms with Crippen LogP contribution in [0.15, 0.2) is 72.1 Å². The number of ketones is 2. The Kier molecular flexibility index (Phi) is 5.00. The molecule has 0 amide bonds. The molecule has 0 fully saturated rings. The largest absolute Gasteiger partial charge is 0.313 e. The minimum atomic E-state index is -0.221. The quantitative estimate of drug-likeness (QED) is 0.339. The van der Waals surface area contributed by atoms with Crippen LogP contribution in [0.5, 0.6) is 0 Å². The Morgan fingerprint density at radius 3 is 2.57 bits per heavy atom. The average molecular weight is 386 g/mol. The molecule has 4 aromatic rings. The predicted molar refractivity (Wildman–Crippen MR) is 113 cm³/mol. The zero-order valence-electron chi connectivity index (χ0n) is 15.3. The van der Waals surface area contributed by atoms with E-state index in [-0.39, 0.29) is 23.9 Å². The third kappa shape index (κ3) is 3.70. The number of allylic oxidation sites excluding steroid dienone is 1. The number of carbonyl (C=O) groups is 2. The first-order chi connectivity index (χ1) is 13.6. The van der Waals surface area contributed by atoms with E-state index in [1.807, 2.05) is 73.0 Å². The third-order valence-corrected chi connectivity index (χ3v) is 5.33. The fourth-order valence-electron chi connectivity index (χ4n) is 3.02. The van der Waals surface area contributed by atoms with Gasteiger partial charge in [-0.2, -0.15) is 0 Å². The molecule has 0 bridgehead atoms. The van der Waals surface area contributed by atoms with Gasteiger partial charge in [0.15, 0.2) is 11.6 Å². The molecule has 5 heteroatoms. The van der Waals surface area contributed by atoms with Crippen LogP contribution in [0.25, 0.3) is 17.1 Å². The highest BCUT2D eigenvalue weighted by Crippen LogP contribution is 2.19. The number of hydrogen-bond donors (Lipinski definition) is 0. The van der Waals surface area contributed by atoms with Gasteiger partial charge in [0.25, 0.3) is 0 Å². The standard InChI is InChI=1S/C23H18N2O2S/c1-16-8-10-17(11-9-16)22(27)15-25-20-7-3-2-6-19(20)24-23(25)21(26)13-12-18-5-4-14-28-18/h2-14H,15H2,1H3. The summed E-state index contributed by atoms with van der Waals surface area (Å²) >= 11 is 1.56. The van der Waals surface area contributed by atoms with E-state index in [9.17, 15) is 9.59 Å². The predicted octanol–water partition coefficient (Wildman–Crippen LogP) is 5.19. The molecule has 0 aliphatic rings. The van der Waals surface area contributed by atoms with E-state index >= 15 is 0 Å². The molecule has 0 N–H and O–H groups in total. The van der Waals surface area contributed by atoms with Crippen molar-refractivity contribution in [2.45, 2.75) is 13.5 Å². The Labute approximate surface area is 166 Å². The highest BCUT2D eigenvalue weighted by Gasteiger charge is 2.18. The molecule has 4 nitrogen and oxygen atoms in total. The van der Waals surface area contributed by atoms with Crippen LogP contribution in [0.1, 0.15) is 31.4 Å². The zero-order valence-corrected chi connectivity index (χ0v) is 16.1. The SMILES string of the molecule is Cc1ccc(C(=O)Cn2c(C(=O)C=Cc3cccs3)nc3ccccc32)cc1. The van der Waals surface area contributed by atoms with E-state index in [0.717, 1.165) is 16.0 Å². The maximum Gasteiger partial charge on any atom is 0.221 e. The molecule has 28 heavy (non-hydrogen) atoms. The van der Waals surface area contributed by atoms with E-state index in [2.05, 4.69) is 4.98 Å². The number of fused-ring (bicyclic) bond motifs is 1. The number of aryl methyl sites for hydroxylation is 1. The Bertz CT molecular complexity index is 1170. The Hall–Kier alpha value is -3.31.